The highest BCUT2D eigenvalue weighted by Gasteiger charge is 2.18. The van der Waals surface area contributed by atoms with E-state index >= 15 is 0 Å². The van der Waals surface area contributed by atoms with Crippen LogP contribution in [0.25, 0.3) is 0 Å². The summed E-state index contributed by atoms with van der Waals surface area (Å²) in [7, 11) is 0. The summed E-state index contributed by atoms with van der Waals surface area (Å²) >= 11 is 4.41. The lowest BCUT2D eigenvalue weighted by atomic mass is 9.81. The molecule has 0 N–H and O–H groups in total. The predicted molar refractivity (Wildman–Crippen MR) is 83.8 cm³/mol. The van der Waals surface area contributed by atoms with Crippen molar-refractivity contribution in [1.82, 2.24) is 0 Å². The number of rotatable bonds is 10. The number of thiol groups is 1. The summed E-state index contributed by atoms with van der Waals surface area (Å²) in [5.74, 6) is 4.19. The third-order valence-corrected chi connectivity index (χ3v) is 4.27. The second kappa shape index (κ2) is 10.1. The molecule has 3 atom stereocenters. The summed E-state index contributed by atoms with van der Waals surface area (Å²) in [4.78, 5) is 0. The summed E-state index contributed by atoms with van der Waals surface area (Å²) < 4.78 is 0. The zero-order valence-electron chi connectivity index (χ0n) is 12.3. The molecule has 0 aliphatic heterocycles. The van der Waals surface area contributed by atoms with Crippen molar-refractivity contribution in [3.05, 3.63) is 12.7 Å². The summed E-state index contributed by atoms with van der Waals surface area (Å²) in [6.07, 6.45) is 8.65. The van der Waals surface area contributed by atoms with Gasteiger partial charge in [-0.1, -0.05) is 40.2 Å². The monoisotopic (exact) mass is 256 g/mol. The molecule has 0 aliphatic carbocycles. The molecule has 0 fully saturated rings. The van der Waals surface area contributed by atoms with Crippen molar-refractivity contribution >= 4 is 12.6 Å². The molecular formula is C16H32S. The van der Waals surface area contributed by atoms with E-state index in [1.165, 1.54) is 32.1 Å². The van der Waals surface area contributed by atoms with E-state index in [0.29, 0.717) is 5.92 Å². The highest BCUT2D eigenvalue weighted by molar-refractivity contribution is 7.80. The van der Waals surface area contributed by atoms with Gasteiger partial charge < -0.3 is 0 Å². The Morgan fingerprint density at radius 2 is 1.76 bits per heavy atom. The highest BCUT2D eigenvalue weighted by atomic mass is 32.1. The quantitative estimate of drug-likeness (QED) is 0.382. The molecular weight excluding hydrogens is 224 g/mol. The van der Waals surface area contributed by atoms with Crippen molar-refractivity contribution in [2.24, 2.45) is 23.7 Å². The molecule has 0 rings (SSSR count). The lowest BCUT2D eigenvalue weighted by Gasteiger charge is -2.25. The van der Waals surface area contributed by atoms with E-state index in [0.717, 1.165) is 23.5 Å². The van der Waals surface area contributed by atoms with Crippen molar-refractivity contribution in [3.8, 4) is 0 Å². The molecule has 0 saturated carbocycles. The largest absolute Gasteiger partial charge is 0.179 e. The van der Waals surface area contributed by atoms with E-state index in [-0.39, 0.29) is 0 Å². The van der Waals surface area contributed by atoms with Gasteiger partial charge in [-0.05, 0) is 55.1 Å². The molecule has 0 aromatic rings. The lowest BCUT2D eigenvalue weighted by molar-refractivity contribution is 0.279. The Morgan fingerprint density at radius 3 is 2.18 bits per heavy atom. The summed E-state index contributed by atoms with van der Waals surface area (Å²) in [5, 5.41) is 0. The van der Waals surface area contributed by atoms with Crippen LogP contribution in [-0.4, -0.2) is 5.75 Å². The lowest BCUT2D eigenvalue weighted by Crippen LogP contribution is -2.15. The van der Waals surface area contributed by atoms with Crippen LogP contribution in [0.4, 0.5) is 0 Å². The van der Waals surface area contributed by atoms with Gasteiger partial charge in [0.15, 0.2) is 0 Å². The molecule has 17 heavy (non-hydrogen) atoms. The Morgan fingerprint density at radius 1 is 1.12 bits per heavy atom. The van der Waals surface area contributed by atoms with Gasteiger partial charge in [-0.2, -0.15) is 12.6 Å². The second-order valence-electron chi connectivity index (χ2n) is 5.86. The third-order valence-electron chi connectivity index (χ3n) is 4.01. The first kappa shape index (κ1) is 17.1. The van der Waals surface area contributed by atoms with Gasteiger partial charge in [0.05, 0.1) is 0 Å². The molecule has 0 amide bonds. The first-order valence-corrected chi connectivity index (χ1v) is 7.91. The molecule has 0 aliphatic rings. The van der Waals surface area contributed by atoms with Crippen LogP contribution in [0.15, 0.2) is 12.7 Å². The minimum atomic E-state index is 0.712. The SMILES string of the molecule is C=CC(CCC)CC(CCS)CC(C)C(C)C. The summed E-state index contributed by atoms with van der Waals surface area (Å²) in [6.45, 7) is 13.3. The highest BCUT2D eigenvalue weighted by Crippen LogP contribution is 2.29. The molecule has 0 radical (unpaired) electrons. The zero-order chi connectivity index (χ0) is 13.3. The Balaban J connectivity index is 4.25. The van der Waals surface area contributed by atoms with E-state index in [2.05, 4.69) is 53.0 Å². The third kappa shape index (κ3) is 7.91. The van der Waals surface area contributed by atoms with Crippen molar-refractivity contribution in [2.75, 3.05) is 5.75 Å². The van der Waals surface area contributed by atoms with Crippen LogP contribution < -0.4 is 0 Å². The van der Waals surface area contributed by atoms with Gasteiger partial charge in [0.2, 0.25) is 0 Å². The summed E-state index contributed by atoms with van der Waals surface area (Å²) in [5.41, 5.74) is 0. The van der Waals surface area contributed by atoms with E-state index in [1.807, 2.05) is 0 Å². The van der Waals surface area contributed by atoms with Crippen LogP contribution in [0, 0.1) is 23.7 Å². The van der Waals surface area contributed by atoms with Crippen LogP contribution in [0.3, 0.4) is 0 Å². The molecule has 1 heteroatoms. The molecule has 0 heterocycles. The number of hydrogen-bond donors (Lipinski definition) is 1. The van der Waals surface area contributed by atoms with Crippen LogP contribution in [0.2, 0.25) is 0 Å². The Kier molecular flexibility index (Phi) is 10.1. The van der Waals surface area contributed by atoms with Crippen molar-refractivity contribution in [3.63, 3.8) is 0 Å². The molecule has 0 nitrogen and oxygen atoms in total. The Hall–Kier alpha value is 0.0900. The van der Waals surface area contributed by atoms with Crippen LogP contribution in [-0.2, 0) is 0 Å². The van der Waals surface area contributed by atoms with Gasteiger partial charge in [-0.3, -0.25) is 0 Å². The first-order chi connectivity index (χ1) is 8.04. The first-order valence-electron chi connectivity index (χ1n) is 7.28. The predicted octanol–water partition coefficient (Wildman–Crippen LogP) is 5.60. The smallest absolute Gasteiger partial charge is 0.00953 e. The maximum Gasteiger partial charge on any atom is -0.00953 e. The summed E-state index contributed by atoms with van der Waals surface area (Å²) in [6, 6.07) is 0. The zero-order valence-corrected chi connectivity index (χ0v) is 13.2. The van der Waals surface area contributed by atoms with Gasteiger partial charge in [-0.25, -0.2) is 0 Å². The standard InChI is InChI=1S/C16H32S/c1-6-8-15(7-2)12-16(9-10-17)11-14(5)13(3)4/h7,13-17H,2,6,8-12H2,1,3-5H3. The van der Waals surface area contributed by atoms with Gasteiger partial charge >= 0.3 is 0 Å². The molecule has 0 bridgehead atoms. The van der Waals surface area contributed by atoms with Crippen LogP contribution in [0.5, 0.6) is 0 Å². The number of allylic oxidation sites excluding steroid dienone is 1. The molecule has 0 aromatic carbocycles. The maximum atomic E-state index is 4.41. The van der Waals surface area contributed by atoms with Gasteiger partial charge in [-0.15, -0.1) is 6.58 Å². The minimum absolute atomic E-state index is 0.712. The van der Waals surface area contributed by atoms with E-state index in [1.54, 1.807) is 0 Å². The van der Waals surface area contributed by atoms with Crippen molar-refractivity contribution < 1.29 is 0 Å². The fourth-order valence-corrected chi connectivity index (χ4v) is 2.81. The minimum Gasteiger partial charge on any atom is -0.179 e. The van der Waals surface area contributed by atoms with Gasteiger partial charge in [0, 0.05) is 0 Å². The molecule has 0 aromatic heterocycles. The number of hydrogen-bond acceptors (Lipinski definition) is 1. The molecule has 0 spiro atoms. The fourth-order valence-electron chi connectivity index (χ4n) is 2.44. The fraction of sp³-hybridized carbons (Fsp3) is 0.875. The van der Waals surface area contributed by atoms with E-state index < -0.39 is 0 Å². The van der Waals surface area contributed by atoms with Crippen molar-refractivity contribution in [2.45, 2.75) is 59.8 Å². The average Bonchev–Trinajstić information content (AvgIpc) is 2.28. The Labute approximate surface area is 115 Å². The van der Waals surface area contributed by atoms with Gasteiger partial charge in [0.1, 0.15) is 0 Å². The normalized spacial score (nSPS) is 16.8. The van der Waals surface area contributed by atoms with Crippen LogP contribution in [0.1, 0.15) is 59.8 Å². The maximum absolute atomic E-state index is 4.41. The van der Waals surface area contributed by atoms with E-state index in [4.69, 9.17) is 0 Å². The van der Waals surface area contributed by atoms with Gasteiger partial charge in [0.25, 0.3) is 0 Å². The van der Waals surface area contributed by atoms with E-state index in [9.17, 15) is 0 Å². The topological polar surface area (TPSA) is 0 Å². The molecule has 0 saturated heterocycles. The van der Waals surface area contributed by atoms with Crippen LogP contribution >= 0.6 is 12.6 Å². The molecule has 102 valence electrons. The second-order valence-corrected chi connectivity index (χ2v) is 6.30. The average molecular weight is 256 g/mol. The Bertz CT molecular complexity index is 186. The van der Waals surface area contributed by atoms with Crippen molar-refractivity contribution in [1.29, 1.82) is 0 Å². The molecule has 3 unspecified atom stereocenters.